The molecule has 0 bridgehead atoms. The zero-order chi connectivity index (χ0) is 14.1. The van der Waals surface area contributed by atoms with Crippen LogP contribution in [0.2, 0.25) is 0 Å². The Kier molecular flexibility index (Phi) is 2.91. The second-order valence-corrected chi connectivity index (χ2v) is 4.44. The molecule has 0 aliphatic carbocycles. The first kappa shape index (κ1) is 12.3. The molecule has 0 unspecified atom stereocenters. The summed E-state index contributed by atoms with van der Waals surface area (Å²) in [4.78, 5) is 15.5. The van der Waals surface area contributed by atoms with Gasteiger partial charge in [-0.15, -0.1) is 0 Å². The smallest absolute Gasteiger partial charge is 0.248 e. The summed E-state index contributed by atoms with van der Waals surface area (Å²) >= 11 is 0. The number of amides is 1. The molecule has 1 heterocycles. The van der Waals surface area contributed by atoms with Gasteiger partial charge in [0.15, 0.2) is 0 Å². The zero-order valence-corrected chi connectivity index (χ0v) is 10.5. The highest BCUT2D eigenvalue weighted by atomic mass is 19.1. The van der Waals surface area contributed by atoms with Crippen molar-refractivity contribution in [2.75, 3.05) is 0 Å². The summed E-state index contributed by atoms with van der Waals surface area (Å²) in [5, 5.41) is 1.58. The Morgan fingerprint density at radius 1 is 1.10 bits per heavy atom. The Labute approximate surface area is 114 Å². The zero-order valence-electron chi connectivity index (χ0n) is 10.5. The minimum absolute atomic E-state index is 0.350. The molecule has 2 N–H and O–H groups in total. The minimum atomic E-state index is -0.518. The summed E-state index contributed by atoms with van der Waals surface area (Å²) in [7, 11) is 0. The molecule has 1 aromatic heterocycles. The average molecular weight is 266 g/mol. The van der Waals surface area contributed by atoms with Crippen LogP contribution in [0.3, 0.4) is 0 Å². The second-order valence-electron chi connectivity index (χ2n) is 4.44. The van der Waals surface area contributed by atoms with Gasteiger partial charge < -0.3 is 5.73 Å². The molecule has 1 amide bonds. The van der Waals surface area contributed by atoms with Crippen LogP contribution in [0.15, 0.2) is 54.7 Å². The molecule has 0 atom stereocenters. The molecule has 3 aromatic rings. The number of fused-ring (bicyclic) bond motifs is 1. The maximum absolute atomic E-state index is 13.9. The van der Waals surface area contributed by atoms with Gasteiger partial charge in [-0.2, -0.15) is 0 Å². The number of nitrogens with zero attached hydrogens (tertiary/aromatic N) is 1. The maximum Gasteiger partial charge on any atom is 0.248 e. The number of halogens is 1. The van der Waals surface area contributed by atoms with Crippen molar-refractivity contribution in [1.82, 2.24) is 4.98 Å². The Balaban J connectivity index is 2.33. The van der Waals surface area contributed by atoms with Crippen molar-refractivity contribution in [3.63, 3.8) is 0 Å². The van der Waals surface area contributed by atoms with Crippen molar-refractivity contribution in [1.29, 1.82) is 0 Å². The van der Waals surface area contributed by atoms with E-state index in [2.05, 4.69) is 4.98 Å². The number of carbonyl (C=O) groups excluding carboxylic acids is 1. The summed E-state index contributed by atoms with van der Waals surface area (Å²) in [5.41, 5.74) is 6.57. The highest BCUT2D eigenvalue weighted by molar-refractivity contribution is 6.01. The number of pyridine rings is 1. The topological polar surface area (TPSA) is 56.0 Å². The summed E-state index contributed by atoms with van der Waals surface area (Å²) < 4.78 is 13.9. The first-order valence-corrected chi connectivity index (χ1v) is 6.10. The van der Waals surface area contributed by atoms with Crippen LogP contribution in [0.5, 0.6) is 0 Å². The fraction of sp³-hybridized carbons (Fsp3) is 0. The maximum atomic E-state index is 13.9. The molecule has 4 heteroatoms. The molecule has 0 radical (unpaired) electrons. The lowest BCUT2D eigenvalue weighted by atomic mass is 10.0. The van der Waals surface area contributed by atoms with Crippen molar-refractivity contribution < 1.29 is 9.18 Å². The summed E-state index contributed by atoms with van der Waals surface area (Å²) in [5.74, 6) is -0.868. The van der Waals surface area contributed by atoms with Crippen LogP contribution in [0.4, 0.5) is 4.39 Å². The third-order valence-corrected chi connectivity index (χ3v) is 3.18. The SMILES string of the molecule is NC(=O)c1ccc2ccnc(-c3ccccc3F)c2c1. The van der Waals surface area contributed by atoms with Crippen LogP contribution in [-0.2, 0) is 0 Å². The molecule has 20 heavy (non-hydrogen) atoms. The van der Waals surface area contributed by atoms with Gasteiger partial charge in [-0.1, -0.05) is 18.2 Å². The third kappa shape index (κ3) is 2.01. The first-order chi connectivity index (χ1) is 9.66. The molecule has 0 fully saturated rings. The van der Waals surface area contributed by atoms with Crippen LogP contribution in [0, 0.1) is 5.82 Å². The van der Waals surface area contributed by atoms with Gasteiger partial charge in [0.25, 0.3) is 0 Å². The van der Waals surface area contributed by atoms with E-state index in [0.29, 0.717) is 22.2 Å². The molecule has 0 saturated carbocycles. The van der Waals surface area contributed by atoms with E-state index in [-0.39, 0.29) is 5.82 Å². The predicted molar refractivity (Wildman–Crippen MR) is 75.7 cm³/mol. The molecule has 0 aliphatic rings. The van der Waals surface area contributed by atoms with Crippen LogP contribution >= 0.6 is 0 Å². The predicted octanol–water partition coefficient (Wildman–Crippen LogP) is 3.14. The standard InChI is InChI=1S/C16H11FN2O/c17-14-4-2-1-3-12(14)15-13-9-11(16(18)20)6-5-10(13)7-8-19-15/h1-9H,(H2,18,20). The highest BCUT2D eigenvalue weighted by Crippen LogP contribution is 2.28. The van der Waals surface area contributed by atoms with Gasteiger partial charge in [-0.25, -0.2) is 4.39 Å². The average Bonchev–Trinajstić information content (AvgIpc) is 2.46. The van der Waals surface area contributed by atoms with Gasteiger partial charge in [0.1, 0.15) is 5.82 Å². The van der Waals surface area contributed by atoms with Gasteiger partial charge in [-0.05, 0) is 35.7 Å². The lowest BCUT2D eigenvalue weighted by Gasteiger charge is -2.07. The summed E-state index contributed by atoms with van der Waals surface area (Å²) in [6.07, 6.45) is 1.62. The van der Waals surface area contributed by atoms with E-state index in [0.717, 1.165) is 5.39 Å². The highest BCUT2D eigenvalue weighted by Gasteiger charge is 2.11. The largest absolute Gasteiger partial charge is 0.366 e. The molecule has 3 rings (SSSR count). The Hall–Kier alpha value is -2.75. The molecule has 2 aromatic carbocycles. The van der Waals surface area contributed by atoms with Gasteiger partial charge in [0.05, 0.1) is 5.69 Å². The Morgan fingerprint density at radius 3 is 2.65 bits per heavy atom. The monoisotopic (exact) mass is 266 g/mol. The van der Waals surface area contributed by atoms with Crippen molar-refractivity contribution in [3.05, 3.63) is 66.1 Å². The molecule has 98 valence electrons. The molecule has 0 saturated heterocycles. The van der Waals surface area contributed by atoms with Crippen LogP contribution in [-0.4, -0.2) is 10.9 Å². The van der Waals surface area contributed by atoms with E-state index < -0.39 is 5.91 Å². The van der Waals surface area contributed by atoms with E-state index in [9.17, 15) is 9.18 Å². The number of carbonyl (C=O) groups is 1. The molecular formula is C16H11FN2O. The van der Waals surface area contributed by atoms with Crippen LogP contribution in [0.25, 0.3) is 22.0 Å². The quantitative estimate of drug-likeness (QED) is 0.774. The van der Waals surface area contributed by atoms with E-state index in [4.69, 9.17) is 5.73 Å². The summed E-state index contributed by atoms with van der Waals surface area (Å²) in [6.45, 7) is 0. The number of aromatic nitrogens is 1. The van der Waals surface area contributed by atoms with Gasteiger partial charge >= 0.3 is 0 Å². The number of rotatable bonds is 2. The molecule has 3 nitrogen and oxygen atoms in total. The fourth-order valence-corrected chi connectivity index (χ4v) is 2.19. The van der Waals surface area contributed by atoms with Crippen molar-refractivity contribution in [3.8, 4) is 11.3 Å². The lowest BCUT2D eigenvalue weighted by molar-refractivity contribution is 0.100. The van der Waals surface area contributed by atoms with Crippen molar-refractivity contribution >= 4 is 16.7 Å². The van der Waals surface area contributed by atoms with Gasteiger partial charge in [-0.3, -0.25) is 9.78 Å². The van der Waals surface area contributed by atoms with Crippen LogP contribution in [0.1, 0.15) is 10.4 Å². The third-order valence-electron chi connectivity index (χ3n) is 3.18. The normalized spacial score (nSPS) is 10.7. The van der Waals surface area contributed by atoms with E-state index in [1.165, 1.54) is 6.07 Å². The fourth-order valence-electron chi connectivity index (χ4n) is 2.19. The van der Waals surface area contributed by atoms with E-state index >= 15 is 0 Å². The lowest BCUT2D eigenvalue weighted by Crippen LogP contribution is -2.10. The number of hydrogen-bond donors (Lipinski definition) is 1. The van der Waals surface area contributed by atoms with Crippen molar-refractivity contribution in [2.24, 2.45) is 5.73 Å². The minimum Gasteiger partial charge on any atom is -0.366 e. The second kappa shape index (κ2) is 4.74. The number of benzene rings is 2. The number of nitrogens with two attached hydrogens (primary N) is 1. The van der Waals surface area contributed by atoms with Crippen LogP contribution < -0.4 is 5.73 Å². The van der Waals surface area contributed by atoms with Gasteiger partial charge in [0, 0.05) is 22.7 Å². The van der Waals surface area contributed by atoms with E-state index in [1.807, 2.05) is 6.07 Å². The summed E-state index contributed by atoms with van der Waals surface area (Å²) in [6, 6.07) is 13.3. The molecule has 0 aliphatic heterocycles. The van der Waals surface area contributed by atoms with Crippen molar-refractivity contribution in [2.45, 2.75) is 0 Å². The Bertz CT molecular complexity index is 814. The molecular weight excluding hydrogens is 255 g/mol. The van der Waals surface area contributed by atoms with Gasteiger partial charge in [0.2, 0.25) is 5.91 Å². The Morgan fingerprint density at radius 2 is 1.90 bits per heavy atom. The number of hydrogen-bond acceptors (Lipinski definition) is 2. The first-order valence-electron chi connectivity index (χ1n) is 6.10. The number of primary amides is 1. The molecule has 0 spiro atoms. The van der Waals surface area contributed by atoms with E-state index in [1.54, 1.807) is 42.6 Å².